The topological polar surface area (TPSA) is 24.9 Å². The average Bonchev–Trinajstić information content (AvgIpc) is 3.04. The standard InChI is InChI=1S/C13H20N2/c1-10-4-3-7-15-13(10)9-12(14-2)8-11-5-6-11/h3-4,7,11-12,14H,5-6,8-9H2,1-2H3. The summed E-state index contributed by atoms with van der Waals surface area (Å²) >= 11 is 0. The normalized spacial score (nSPS) is 17.7. The molecular weight excluding hydrogens is 184 g/mol. The van der Waals surface area contributed by atoms with E-state index in [9.17, 15) is 0 Å². The summed E-state index contributed by atoms with van der Waals surface area (Å²) in [7, 11) is 2.06. The maximum absolute atomic E-state index is 4.45. The highest BCUT2D eigenvalue weighted by molar-refractivity contribution is 5.18. The fraction of sp³-hybridized carbons (Fsp3) is 0.615. The van der Waals surface area contributed by atoms with Gasteiger partial charge < -0.3 is 5.32 Å². The predicted octanol–water partition coefficient (Wildman–Crippen LogP) is 2.32. The summed E-state index contributed by atoms with van der Waals surface area (Å²) in [5.74, 6) is 0.978. The molecule has 0 amide bonds. The number of hydrogen-bond donors (Lipinski definition) is 1. The van der Waals surface area contributed by atoms with Crippen LogP contribution in [0.2, 0.25) is 0 Å². The Morgan fingerprint density at radius 1 is 1.53 bits per heavy atom. The third-order valence-corrected chi connectivity index (χ3v) is 3.28. The van der Waals surface area contributed by atoms with E-state index in [1.165, 1.54) is 30.5 Å². The summed E-state index contributed by atoms with van der Waals surface area (Å²) in [6.07, 6.45) is 7.14. The van der Waals surface area contributed by atoms with Gasteiger partial charge in [-0.1, -0.05) is 18.9 Å². The Morgan fingerprint density at radius 3 is 2.93 bits per heavy atom. The van der Waals surface area contributed by atoms with Gasteiger partial charge in [-0.3, -0.25) is 4.98 Å². The fourth-order valence-corrected chi connectivity index (χ4v) is 2.02. The highest BCUT2D eigenvalue weighted by Gasteiger charge is 2.25. The number of aromatic nitrogens is 1. The van der Waals surface area contributed by atoms with Gasteiger partial charge in [0.05, 0.1) is 0 Å². The average molecular weight is 204 g/mol. The van der Waals surface area contributed by atoms with E-state index in [1.54, 1.807) is 0 Å². The molecule has 0 bridgehead atoms. The van der Waals surface area contributed by atoms with Gasteiger partial charge in [-0.05, 0) is 37.9 Å². The summed E-state index contributed by atoms with van der Waals surface area (Å²) in [5, 5.41) is 3.41. The molecule has 82 valence electrons. The molecule has 2 rings (SSSR count). The lowest BCUT2D eigenvalue weighted by Gasteiger charge is -2.16. The first-order valence-electron chi connectivity index (χ1n) is 5.87. The Morgan fingerprint density at radius 2 is 2.33 bits per heavy atom. The van der Waals surface area contributed by atoms with E-state index in [-0.39, 0.29) is 0 Å². The molecule has 1 atom stereocenters. The highest BCUT2D eigenvalue weighted by Crippen LogP contribution is 2.34. The van der Waals surface area contributed by atoms with Crippen molar-refractivity contribution in [3.05, 3.63) is 29.6 Å². The lowest BCUT2D eigenvalue weighted by molar-refractivity contribution is 0.485. The molecule has 1 aliphatic carbocycles. The zero-order valence-electron chi connectivity index (χ0n) is 9.66. The van der Waals surface area contributed by atoms with E-state index in [1.807, 2.05) is 12.3 Å². The van der Waals surface area contributed by atoms with Crippen LogP contribution >= 0.6 is 0 Å². The van der Waals surface area contributed by atoms with Gasteiger partial charge in [-0.2, -0.15) is 0 Å². The molecule has 2 nitrogen and oxygen atoms in total. The van der Waals surface area contributed by atoms with Gasteiger partial charge in [-0.15, -0.1) is 0 Å². The number of likely N-dealkylation sites (N-methyl/N-ethyl adjacent to an activating group) is 1. The summed E-state index contributed by atoms with van der Waals surface area (Å²) in [5.41, 5.74) is 2.56. The van der Waals surface area contributed by atoms with Crippen LogP contribution < -0.4 is 5.32 Å². The highest BCUT2D eigenvalue weighted by atomic mass is 14.9. The van der Waals surface area contributed by atoms with Crippen molar-refractivity contribution in [2.24, 2.45) is 5.92 Å². The minimum absolute atomic E-state index is 0.603. The van der Waals surface area contributed by atoms with Crippen molar-refractivity contribution in [3.8, 4) is 0 Å². The van der Waals surface area contributed by atoms with Crippen LogP contribution in [-0.4, -0.2) is 18.1 Å². The van der Waals surface area contributed by atoms with Crippen LogP contribution in [-0.2, 0) is 6.42 Å². The minimum Gasteiger partial charge on any atom is -0.317 e. The van der Waals surface area contributed by atoms with Gasteiger partial charge >= 0.3 is 0 Å². The van der Waals surface area contributed by atoms with Crippen LogP contribution in [0.1, 0.15) is 30.5 Å². The Bertz CT molecular complexity index is 318. The fourth-order valence-electron chi connectivity index (χ4n) is 2.02. The van der Waals surface area contributed by atoms with Crippen molar-refractivity contribution in [2.75, 3.05) is 7.05 Å². The van der Waals surface area contributed by atoms with Crippen LogP contribution in [0.15, 0.2) is 18.3 Å². The quantitative estimate of drug-likeness (QED) is 0.796. The zero-order valence-corrected chi connectivity index (χ0v) is 9.66. The first-order chi connectivity index (χ1) is 7.29. The number of nitrogens with one attached hydrogen (secondary N) is 1. The Hall–Kier alpha value is -0.890. The third-order valence-electron chi connectivity index (χ3n) is 3.28. The van der Waals surface area contributed by atoms with Crippen molar-refractivity contribution in [2.45, 2.75) is 38.6 Å². The van der Waals surface area contributed by atoms with Gasteiger partial charge in [0.25, 0.3) is 0 Å². The zero-order chi connectivity index (χ0) is 10.7. The van der Waals surface area contributed by atoms with Crippen molar-refractivity contribution in [1.29, 1.82) is 0 Å². The smallest absolute Gasteiger partial charge is 0.0448 e. The lowest BCUT2D eigenvalue weighted by Crippen LogP contribution is -2.28. The molecule has 1 heterocycles. The molecule has 1 saturated carbocycles. The molecule has 1 N–H and O–H groups in total. The summed E-state index contributed by atoms with van der Waals surface area (Å²) < 4.78 is 0. The molecule has 1 aromatic rings. The second kappa shape index (κ2) is 4.75. The van der Waals surface area contributed by atoms with Crippen LogP contribution in [0.5, 0.6) is 0 Å². The predicted molar refractivity (Wildman–Crippen MR) is 62.9 cm³/mol. The van der Waals surface area contributed by atoms with Crippen LogP contribution in [0.25, 0.3) is 0 Å². The van der Waals surface area contributed by atoms with E-state index in [2.05, 4.69) is 30.3 Å². The summed E-state index contributed by atoms with van der Waals surface area (Å²) in [6.45, 7) is 2.15. The second-order valence-corrected chi connectivity index (χ2v) is 4.64. The van der Waals surface area contributed by atoms with Gasteiger partial charge in [0.2, 0.25) is 0 Å². The van der Waals surface area contributed by atoms with Gasteiger partial charge in [0.15, 0.2) is 0 Å². The third kappa shape index (κ3) is 3.03. The molecule has 1 fully saturated rings. The maximum atomic E-state index is 4.45. The maximum Gasteiger partial charge on any atom is 0.0448 e. The SMILES string of the molecule is CNC(Cc1ncccc1C)CC1CC1. The molecule has 0 aromatic carbocycles. The molecular formula is C13H20N2. The number of aryl methyl sites for hydroxylation is 1. The first kappa shape index (κ1) is 10.6. The molecule has 1 aromatic heterocycles. The second-order valence-electron chi connectivity index (χ2n) is 4.64. The lowest BCUT2D eigenvalue weighted by atomic mass is 10.0. The van der Waals surface area contributed by atoms with Crippen molar-refractivity contribution in [1.82, 2.24) is 10.3 Å². The Kier molecular flexibility index (Phi) is 3.37. The number of rotatable bonds is 5. The van der Waals surface area contributed by atoms with Crippen molar-refractivity contribution >= 4 is 0 Å². The minimum atomic E-state index is 0.603. The molecule has 0 radical (unpaired) electrons. The van der Waals surface area contributed by atoms with E-state index in [0.29, 0.717) is 6.04 Å². The molecule has 0 saturated heterocycles. The van der Waals surface area contributed by atoms with Crippen LogP contribution in [0, 0.1) is 12.8 Å². The summed E-state index contributed by atoms with van der Waals surface area (Å²) in [4.78, 5) is 4.45. The van der Waals surface area contributed by atoms with Gasteiger partial charge in [0, 0.05) is 24.4 Å². The molecule has 15 heavy (non-hydrogen) atoms. The number of pyridine rings is 1. The van der Waals surface area contributed by atoms with E-state index in [4.69, 9.17) is 0 Å². The first-order valence-corrected chi connectivity index (χ1v) is 5.87. The monoisotopic (exact) mass is 204 g/mol. The largest absolute Gasteiger partial charge is 0.317 e. The van der Waals surface area contributed by atoms with E-state index >= 15 is 0 Å². The van der Waals surface area contributed by atoms with Crippen molar-refractivity contribution in [3.63, 3.8) is 0 Å². The Labute approximate surface area is 92.1 Å². The molecule has 2 heteroatoms. The molecule has 1 aliphatic rings. The number of nitrogens with zero attached hydrogens (tertiary/aromatic N) is 1. The van der Waals surface area contributed by atoms with Crippen LogP contribution in [0.4, 0.5) is 0 Å². The summed E-state index contributed by atoms with van der Waals surface area (Å²) in [6, 6.07) is 4.76. The molecule has 0 spiro atoms. The van der Waals surface area contributed by atoms with Gasteiger partial charge in [-0.25, -0.2) is 0 Å². The van der Waals surface area contributed by atoms with Crippen LogP contribution in [0.3, 0.4) is 0 Å². The van der Waals surface area contributed by atoms with E-state index < -0.39 is 0 Å². The van der Waals surface area contributed by atoms with E-state index in [0.717, 1.165) is 12.3 Å². The van der Waals surface area contributed by atoms with Gasteiger partial charge in [0.1, 0.15) is 0 Å². The van der Waals surface area contributed by atoms with Crippen molar-refractivity contribution < 1.29 is 0 Å². The number of hydrogen-bond acceptors (Lipinski definition) is 2. The molecule has 0 aliphatic heterocycles. The Balaban J connectivity index is 1.95. The molecule has 1 unspecified atom stereocenters.